The number of rotatable bonds is 3. The van der Waals surface area contributed by atoms with Crippen molar-refractivity contribution < 1.29 is 37.7 Å². The molecule has 0 saturated carbocycles. The number of nitrogens with zero attached hydrogens (tertiary/aromatic N) is 2. The second-order valence-corrected chi connectivity index (χ2v) is 5.25. The van der Waals surface area contributed by atoms with Crippen LogP contribution < -0.4 is 19.8 Å². The minimum absolute atomic E-state index is 0.189. The first-order chi connectivity index (χ1) is 11.5. The average Bonchev–Trinajstić information content (AvgIpc) is 2.78. The Labute approximate surface area is 141 Å². The fraction of sp³-hybridized carbons (Fsp3) is 0.231. The number of carboxylic acids is 2. The number of aliphatic carboxylic acids is 2. The lowest BCUT2D eigenvalue weighted by atomic mass is 10.3. The first-order valence-corrected chi connectivity index (χ1v) is 7.10. The number of aryl methyl sites for hydroxylation is 1. The number of fused-ring (bicyclic) bond motifs is 1. The van der Waals surface area contributed by atoms with Gasteiger partial charge in [0.25, 0.3) is 0 Å². The summed E-state index contributed by atoms with van der Waals surface area (Å²) < 4.78 is 42.2. The minimum Gasteiger partial charge on any atom is -0.543 e. The molecule has 2 aromatic rings. The number of hydrogen-bond acceptors (Lipinski definition) is 8. The number of aromatic nitrogens is 1. The minimum atomic E-state index is -4.73. The van der Waals surface area contributed by atoms with Gasteiger partial charge in [-0.15, -0.1) is 13.2 Å². The molecular formula is C13H8F3N3O5S-2. The van der Waals surface area contributed by atoms with Crippen LogP contribution in [-0.4, -0.2) is 22.9 Å². The standard InChI is InChI=1S/C11H8F3N3OS.C2H2O4/c12-11(13,14)18-7-2-3-8-9(6-7)19-10(16)17(8)5-1-4-15;3-1(4)2(5)6/h2-3,6,16H,1,5H2;(H,3,4)(H,5,6)/p-2. The second kappa shape index (κ2) is 8.15. The Morgan fingerprint density at radius 2 is 1.92 bits per heavy atom. The maximum absolute atomic E-state index is 12.1. The van der Waals surface area contributed by atoms with Crippen molar-refractivity contribution in [3.63, 3.8) is 0 Å². The van der Waals surface area contributed by atoms with Crippen LogP contribution in [0.1, 0.15) is 6.42 Å². The molecule has 0 spiro atoms. The molecular weight excluding hydrogens is 367 g/mol. The maximum atomic E-state index is 12.1. The predicted molar refractivity (Wildman–Crippen MR) is 72.6 cm³/mol. The van der Waals surface area contributed by atoms with E-state index in [4.69, 9.17) is 30.5 Å². The van der Waals surface area contributed by atoms with E-state index < -0.39 is 18.3 Å². The van der Waals surface area contributed by atoms with E-state index >= 15 is 0 Å². The smallest absolute Gasteiger partial charge is 0.543 e. The van der Waals surface area contributed by atoms with Gasteiger partial charge in [-0.2, -0.15) is 5.26 Å². The van der Waals surface area contributed by atoms with Crippen LogP contribution in [0.5, 0.6) is 5.75 Å². The fourth-order valence-electron chi connectivity index (χ4n) is 1.65. The van der Waals surface area contributed by atoms with Crippen LogP contribution in [-0.2, 0) is 16.1 Å². The second-order valence-electron chi connectivity index (χ2n) is 4.22. The summed E-state index contributed by atoms with van der Waals surface area (Å²) in [4.78, 5) is 18.0. The number of nitriles is 1. The molecule has 1 N–H and O–H groups in total. The average molecular weight is 375 g/mol. The quantitative estimate of drug-likeness (QED) is 0.716. The SMILES string of the molecule is N#CCCn1c(=N)sc2cc(OC(F)(F)F)ccc21.O=C([O-])C(=O)[O-]. The largest absolute Gasteiger partial charge is 0.573 e. The lowest BCUT2D eigenvalue weighted by Gasteiger charge is -2.08. The van der Waals surface area contributed by atoms with Crippen molar-refractivity contribution in [1.82, 2.24) is 4.57 Å². The molecule has 1 aromatic heterocycles. The normalized spacial score (nSPS) is 10.5. The van der Waals surface area contributed by atoms with E-state index in [2.05, 4.69) is 4.74 Å². The number of nitrogens with one attached hydrogen (secondary N) is 1. The van der Waals surface area contributed by atoms with Gasteiger partial charge in [0, 0.05) is 6.54 Å². The van der Waals surface area contributed by atoms with Crippen LogP contribution in [0.25, 0.3) is 10.2 Å². The Kier molecular flexibility index (Phi) is 6.52. The van der Waals surface area contributed by atoms with Crippen LogP contribution in [0.4, 0.5) is 13.2 Å². The van der Waals surface area contributed by atoms with Crippen molar-refractivity contribution in [1.29, 1.82) is 10.7 Å². The molecule has 0 fully saturated rings. The van der Waals surface area contributed by atoms with Crippen molar-refractivity contribution >= 4 is 33.5 Å². The van der Waals surface area contributed by atoms with Crippen LogP contribution in [0.2, 0.25) is 0 Å². The highest BCUT2D eigenvalue weighted by molar-refractivity contribution is 7.16. The van der Waals surface area contributed by atoms with Gasteiger partial charge in [-0.05, 0) is 18.2 Å². The highest BCUT2D eigenvalue weighted by atomic mass is 32.1. The number of carboxylic acid groups (broad SMARTS) is 2. The van der Waals surface area contributed by atoms with E-state index in [0.717, 1.165) is 11.3 Å². The highest BCUT2D eigenvalue weighted by Gasteiger charge is 2.31. The van der Waals surface area contributed by atoms with E-state index in [1.807, 2.05) is 6.07 Å². The van der Waals surface area contributed by atoms with Crippen molar-refractivity contribution in [2.75, 3.05) is 0 Å². The number of ether oxygens (including phenoxy) is 1. The fourth-order valence-corrected chi connectivity index (χ4v) is 2.61. The third kappa shape index (κ3) is 6.15. The molecule has 0 aliphatic rings. The van der Waals surface area contributed by atoms with Gasteiger partial charge in [-0.25, -0.2) is 0 Å². The molecule has 0 bridgehead atoms. The summed E-state index contributed by atoms with van der Waals surface area (Å²) in [5, 5.41) is 34.1. The number of carbonyl (C=O) groups is 2. The van der Waals surface area contributed by atoms with Crippen LogP contribution in [0.3, 0.4) is 0 Å². The Hall–Kier alpha value is -3.07. The van der Waals surface area contributed by atoms with E-state index in [-0.39, 0.29) is 17.0 Å². The lowest BCUT2D eigenvalue weighted by molar-refractivity contribution is -0.345. The molecule has 12 heteroatoms. The Balaban J connectivity index is 0.000000450. The summed E-state index contributed by atoms with van der Waals surface area (Å²) in [7, 11) is 0. The molecule has 8 nitrogen and oxygen atoms in total. The van der Waals surface area contributed by atoms with Crippen molar-refractivity contribution in [2.24, 2.45) is 0 Å². The molecule has 2 rings (SSSR count). The van der Waals surface area contributed by atoms with Gasteiger partial charge in [0.1, 0.15) is 5.75 Å². The van der Waals surface area contributed by atoms with Crippen LogP contribution >= 0.6 is 11.3 Å². The number of hydrogen-bond donors (Lipinski definition) is 1. The van der Waals surface area contributed by atoms with Crippen LogP contribution in [0.15, 0.2) is 18.2 Å². The van der Waals surface area contributed by atoms with Crippen molar-refractivity contribution in [2.45, 2.75) is 19.3 Å². The van der Waals surface area contributed by atoms with Gasteiger partial charge in [-0.3, -0.25) is 5.41 Å². The van der Waals surface area contributed by atoms with Gasteiger partial charge in [-0.1, -0.05) is 11.3 Å². The van der Waals surface area contributed by atoms with E-state index in [9.17, 15) is 13.2 Å². The number of benzene rings is 1. The summed E-state index contributed by atoms with van der Waals surface area (Å²) in [6, 6.07) is 5.87. The van der Waals surface area contributed by atoms with E-state index in [1.165, 1.54) is 18.2 Å². The number of carbonyl (C=O) groups excluding carboxylic acids is 2. The Morgan fingerprint density at radius 3 is 2.40 bits per heavy atom. The van der Waals surface area contributed by atoms with Gasteiger partial charge in [0.2, 0.25) is 0 Å². The van der Waals surface area contributed by atoms with Gasteiger partial charge in [0.15, 0.2) is 4.80 Å². The number of thiazole rings is 1. The van der Waals surface area contributed by atoms with Gasteiger partial charge in [0.05, 0.1) is 34.6 Å². The molecule has 134 valence electrons. The maximum Gasteiger partial charge on any atom is 0.573 e. The summed E-state index contributed by atoms with van der Waals surface area (Å²) in [5.74, 6) is -4.68. The highest BCUT2D eigenvalue weighted by Crippen LogP contribution is 2.27. The molecule has 0 atom stereocenters. The monoisotopic (exact) mass is 375 g/mol. The molecule has 0 unspecified atom stereocenters. The number of alkyl halides is 3. The van der Waals surface area contributed by atoms with E-state index in [1.54, 1.807) is 4.57 Å². The van der Waals surface area contributed by atoms with Crippen molar-refractivity contribution in [3.8, 4) is 11.8 Å². The predicted octanol–water partition coefficient (Wildman–Crippen LogP) is -0.519. The van der Waals surface area contributed by atoms with Crippen molar-refractivity contribution in [3.05, 3.63) is 23.0 Å². The molecule has 0 radical (unpaired) electrons. The summed E-state index contributed by atoms with van der Waals surface area (Å²) in [5.41, 5.74) is 0.625. The third-order valence-corrected chi connectivity index (χ3v) is 3.48. The zero-order chi connectivity index (χ0) is 19.2. The van der Waals surface area contributed by atoms with Gasteiger partial charge >= 0.3 is 6.36 Å². The Bertz CT molecular complexity index is 870. The summed E-state index contributed by atoms with van der Waals surface area (Å²) in [6.45, 7) is 0.342. The molecule has 0 aliphatic carbocycles. The number of halogens is 3. The summed E-state index contributed by atoms with van der Waals surface area (Å²) in [6.07, 6.45) is -4.49. The Morgan fingerprint density at radius 1 is 1.32 bits per heavy atom. The molecule has 0 amide bonds. The molecule has 0 aliphatic heterocycles. The first kappa shape index (κ1) is 20.0. The lowest BCUT2D eigenvalue weighted by Crippen LogP contribution is -2.42. The third-order valence-electron chi connectivity index (χ3n) is 2.52. The molecule has 1 aromatic carbocycles. The summed E-state index contributed by atoms with van der Waals surface area (Å²) >= 11 is 1.04. The van der Waals surface area contributed by atoms with Gasteiger partial charge < -0.3 is 29.1 Å². The molecule has 1 heterocycles. The van der Waals surface area contributed by atoms with E-state index in [0.29, 0.717) is 16.8 Å². The first-order valence-electron chi connectivity index (χ1n) is 6.28. The van der Waals surface area contributed by atoms with Crippen LogP contribution in [0, 0.1) is 16.7 Å². The zero-order valence-electron chi connectivity index (χ0n) is 12.1. The zero-order valence-corrected chi connectivity index (χ0v) is 12.9. The molecule has 25 heavy (non-hydrogen) atoms. The molecule has 0 saturated heterocycles. The topological polar surface area (TPSA) is 142 Å².